The van der Waals surface area contributed by atoms with Crippen molar-refractivity contribution in [3.63, 3.8) is 0 Å². The summed E-state index contributed by atoms with van der Waals surface area (Å²) < 4.78 is 842. The lowest BCUT2D eigenvalue weighted by Crippen LogP contribution is -2.51. The molecule has 4 aromatic rings. The van der Waals surface area contributed by atoms with E-state index in [9.17, 15) is 50.7 Å². The maximum Gasteiger partial charge on any atom is 0.323 e. The molecule has 24 heteroatoms. The number of methoxy groups -OCH3 is 8. The predicted octanol–water partition coefficient (Wildman–Crippen LogP) is 14.3. The Morgan fingerprint density at radius 2 is 0.608 bits per heavy atom. The summed E-state index contributed by atoms with van der Waals surface area (Å²) in [6, 6.07) is -33.5. The molecule has 0 aromatic heterocycles. The molecule has 20 atom stereocenters. The number of nitrogens with two attached hydrogens (primary N) is 4. The smallest absolute Gasteiger partial charge is 0.323 e. The summed E-state index contributed by atoms with van der Waals surface area (Å²) in [5.41, 5.74) is 18.6. The van der Waals surface area contributed by atoms with Crippen LogP contribution in [0.3, 0.4) is 0 Å². The largest absolute Gasteiger partial charge is 0.493 e. The minimum Gasteiger partial charge on any atom is -0.493 e. The second-order valence-corrected chi connectivity index (χ2v) is 25.7. The van der Waals surface area contributed by atoms with E-state index in [0.29, 0.717) is 47.3 Å². The van der Waals surface area contributed by atoms with Gasteiger partial charge >= 0.3 is 23.9 Å². The van der Waals surface area contributed by atoms with Gasteiger partial charge in [-0.2, -0.15) is 0 Å². The molecule has 8 aliphatic rings. The van der Waals surface area contributed by atoms with Crippen LogP contribution in [-0.4, -0.2) is 201 Å². The third kappa shape index (κ3) is 23.8. The topological polar surface area (TPSA) is 296 Å². The molecular formula is C96H152N8O16. The van der Waals surface area contributed by atoms with Crippen LogP contribution in [0, 0.1) is 70.7 Å². The third-order valence-electron chi connectivity index (χ3n) is 17.5. The Balaban J connectivity index is 0.000000306. The Morgan fingerprint density at radius 1 is 0.375 bits per heavy atom. The van der Waals surface area contributed by atoms with E-state index in [2.05, 4.69) is 0 Å². The minimum atomic E-state index is -4.71. The van der Waals surface area contributed by atoms with Gasteiger partial charge < -0.3 is 79.8 Å². The molecule has 16 unspecified atom stereocenters. The quantitative estimate of drug-likeness (QED) is 0.0303. The fraction of sp³-hybridized carbons (Fsp3) is 0.708. The molecule has 4 saturated heterocycles. The van der Waals surface area contributed by atoms with Crippen molar-refractivity contribution in [1.29, 1.82) is 0 Å². The van der Waals surface area contributed by atoms with Crippen LogP contribution in [0.2, 0.25) is 0 Å². The molecule has 0 aliphatic carbocycles. The van der Waals surface area contributed by atoms with Gasteiger partial charge in [0.05, 0.1) is 85.5 Å². The first kappa shape index (κ1) is 30.9. The summed E-state index contributed by atoms with van der Waals surface area (Å²) >= 11 is 0. The lowest BCUT2D eigenvalue weighted by atomic mass is 9.79. The minimum absolute atomic E-state index is 0.200. The summed E-state index contributed by atoms with van der Waals surface area (Å²) in [6.45, 7) is -65.7. The van der Waals surface area contributed by atoms with Crippen LogP contribution < -0.4 is 60.8 Å². The molecule has 0 radical (unpaired) electrons. The highest BCUT2D eigenvalue weighted by Crippen LogP contribution is 2.50. The van der Waals surface area contributed by atoms with Gasteiger partial charge in [-0.25, -0.2) is 0 Å². The highest BCUT2D eigenvalue weighted by Gasteiger charge is 2.47. The number of fused-ring (bicyclic) bond motifs is 12. The van der Waals surface area contributed by atoms with Crippen LogP contribution in [0.1, 0.15) is 357 Å². The summed E-state index contributed by atoms with van der Waals surface area (Å²) in [5.74, 6) is -65.6. The van der Waals surface area contributed by atoms with E-state index in [0.717, 1.165) is 42.7 Å². The number of nitrogens with zero attached hydrogens (tertiary/aromatic N) is 4. The molecule has 0 spiro atoms. The van der Waals surface area contributed by atoms with Crippen molar-refractivity contribution in [1.82, 2.24) is 19.6 Å². The summed E-state index contributed by atoms with van der Waals surface area (Å²) in [4.78, 5) is 57.2. The van der Waals surface area contributed by atoms with Crippen molar-refractivity contribution < 1.29 is 204 Å². The molecule has 0 amide bonds. The number of carbonyl (C=O) groups excluding carboxylic acids is 4. The van der Waals surface area contributed by atoms with Crippen LogP contribution in [-0.2, 0) is 63.8 Å². The number of rotatable bonds is 28. The molecular weight excluding hydrogens is 1520 g/mol. The molecule has 4 aromatic carbocycles. The van der Waals surface area contributed by atoms with Crippen molar-refractivity contribution in [2.75, 3.05) is 109 Å². The maximum atomic E-state index is 13.9. The zero-order chi connectivity index (χ0) is 169. The zero-order valence-corrected chi connectivity index (χ0v) is 65.7. The van der Waals surface area contributed by atoms with Gasteiger partial charge in [0.15, 0.2) is 46.0 Å². The lowest BCUT2D eigenvalue weighted by molar-refractivity contribution is -0.161. The van der Waals surface area contributed by atoms with Gasteiger partial charge in [0, 0.05) is 224 Å². The van der Waals surface area contributed by atoms with Crippen molar-refractivity contribution in [2.45, 2.75) is 259 Å². The second kappa shape index (κ2) is 43.9. The summed E-state index contributed by atoms with van der Waals surface area (Å²) in [7, 11) is -0.362. The Labute approximate surface area is 849 Å². The van der Waals surface area contributed by atoms with Gasteiger partial charge in [-0.3, -0.25) is 38.8 Å². The lowest BCUT2D eigenvalue weighted by Gasteiger charge is -2.47. The normalized spacial score (nSPS) is 49.2. The van der Waals surface area contributed by atoms with Crippen molar-refractivity contribution in [3.05, 3.63) is 92.8 Å². The average molecular weight is 1770 g/mol. The number of hydrogen-bond acceptors (Lipinski definition) is 24. The first-order valence-electron chi connectivity index (χ1n) is 81.6. The highest BCUT2D eigenvalue weighted by molar-refractivity contribution is 5.77. The number of benzene rings is 4. The second-order valence-electron chi connectivity index (χ2n) is 25.7. The third-order valence-corrected chi connectivity index (χ3v) is 17.5. The number of hydrogen-bond donors (Lipinski definition) is 4. The fourth-order valence-electron chi connectivity index (χ4n) is 12.0. The van der Waals surface area contributed by atoms with E-state index in [-0.39, 0.29) is 28.2 Å². The van der Waals surface area contributed by atoms with Crippen LogP contribution in [0.4, 0.5) is 0 Å². The van der Waals surface area contributed by atoms with Crippen LogP contribution in [0.5, 0.6) is 46.0 Å². The molecule has 0 saturated carbocycles. The Morgan fingerprint density at radius 3 is 0.858 bits per heavy atom. The van der Waals surface area contributed by atoms with Crippen LogP contribution in [0.25, 0.3) is 0 Å². The molecule has 12 rings (SSSR count). The van der Waals surface area contributed by atoms with E-state index in [1.54, 1.807) is 0 Å². The summed E-state index contributed by atoms with van der Waals surface area (Å²) in [5, 5.41) is 0. The first-order valence-corrected chi connectivity index (χ1v) is 35.1. The molecule has 8 N–H and O–H groups in total. The summed E-state index contributed by atoms with van der Waals surface area (Å²) in [6.07, 6.45) is -52.5. The number of ether oxygens (including phenoxy) is 12. The predicted molar refractivity (Wildman–Crippen MR) is 471 cm³/mol. The van der Waals surface area contributed by atoms with E-state index in [1.165, 1.54) is 0 Å². The Kier molecular flexibility index (Phi) is 11.3. The van der Waals surface area contributed by atoms with Crippen LogP contribution in [0.15, 0.2) is 48.3 Å². The molecule has 4 fully saturated rings. The number of piperidine rings is 4. The highest BCUT2D eigenvalue weighted by atomic mass is 16.6. The van der Waals surface area contributed by atoms with E-state index < -0.39 is 503 Å². The van der Waals surface area contributed by atoms with Crippen molar-refractivity contribution >= 4 is 23.9 Å². The van der Waals surface area contributed by atoms with Gasteiger partial charge in [-0.1, -0.05) is 110 Å². The number of carbonyl (C=O) groups is 4. The molecule has 24 nitrogen and oxygen atoms in total. The van der Waals surface area contributed by atoms with Crippen molar-refractivity contribution in [2.24, 2.45) is 93.7 Å². The van der Waals surface area contributed by atoms with Gasteiger partial charge in [0.2, 0.25) is 0 Å². The molecule has 8 aliphatic heterocycles. The fourth-order valence-corrected chi connectivity index (χ4v) is 12.0. The van der Waals surface area contributed by atoms with E-state index in [4.69, 9.17) is 176 Å². The van der Waals surface area contributed by atoms with E-state index >= 15 is 0 Å². The van der Waals surface area contributed by atoms with Crippen LogP contribution >= 0.6 is 0 Å². The molecule has 0 bridgehead atoms. The standard InChI is InChI=1S/4C24H38N2O4/c4*1-14(2)9-17-13-26-8-7-16-10-21(28-5)22(29-6)11-18(16)19(26)12-20(17)30-24(27)23(25)15(3)4/h4*10-11,14-15,17,19-20,23H,7-9,12-13,25H2,1-6H3/t4*17?,19?,20?,23-/m0000/s1/i1D3,3D3,4D3,5D3,9D2,10D,11D,12D2,13D2,14D,15D,17D,20D,23D;2*1D3,3D3,4D3,9D2,10D,11D,12D2,13D2,14D,15D,17D,20D,23D;1D3,3D3,4D3,5D3,9D2,10D,11D,12D2,13D2,14D,15D,17D,23D/t4*14?,17?,19?,20?,23-. The SMILES string of the molecule is [2H]c1c2c(c([2H])c(OC)c1OC([2H])([2H])[2H])C1N(CC2)C([2H])([2H])C([2H])(C([2H])([2H])C([2H])(C)C([2H])([2H])[2H])C(OC(=O)[C@@]([2H])(N)C([2H])(C([2H])([2H])[2H])C([2H])([2H])[2H])C1([2H])[2H].[2H]c1c2c(c([2H])c(OC)c1OC([2H])([2H])[2H])C1N(CC2)C([2H])([2H])C([2H])(C([2H])([2H])C([2H])(C)C([2H])([2H])[2H])C([2H])(OC(=O)[C@@]([2H])(N)C([2H])(C([2H])([2H])[2H])C([2H])([2H])[2H])C1([2H])[2H].[2H]c1c2c(c([2H])c(OC)c1OC)C1N(CC2)C([2H])([2H])C([2H])(C([2H])([2H])C([2H])(C)C([2H])([2H])[2H])C([2H])(OC(=O)[C@@]([2H])(N)C([2H])(C([2H])([2H])[2H])C([2H])([2H])[2H])C1([2H])[2H].[2H]c1c2c(c([2H])c(OC)c1OC)C1N(CC2)C([2H])([2H])C([2H])(C([2H])([2H])C([2H])(C)C([2H])([2H])[2H])C([2H])(OC(=O)[C@@]([2H])(N)C([2H])(C([2H])([2H])[2H])C([2H])([2H])[2H])C1([2H])[2H]. The maximum absolute atomic E-state index is 13.9. The van der Waals surface area contributed by atoms with E-state index in [1.807, 2.05) is 0 Å². The van der Waals surface area contributed by atoms with Gasteiger partial charge in [0.1, 0.15) is 48.4 Å². The molecule has 120 heavy (non-hydrogen) atoms. The Bertz CT molecular complexity index is 8170. The molecule has 8 heterocycles. The van der Waals surface area contributed by atoms with Crippen molar-refractivity contribution in [3.8, 4) is 46.0 Å². The van der Waals surface area contributed by atoms with Gasteiger partial charge in [0.25, 0.3) is 0 Å². The monoisotopic (exact) mass is 1770 g/mol. The first-order chi connectivity index (χ1) is 93.2. The van der Waals surface area contributed by atoms with Gasteiger partial charge in [-0.15, -0.1) is 0 Å². The average Bonchev–Trinajstić information content (AvgIpc) is 0.649. The Hall–Kier alpha value is -7.16. The van der Waals surface area contributed by atoms with Gasteiger partial charge in [-0.05, 0) is 191 Å². The zero-order valence-electron chi connectivity index (χ0n) is 159. The molecule has 672 valence electrons. The number of esters is 4.